The molecule has 0 heterocycles. The van der Waals surface area contributed by atoms with Crippen LogP contribution in [0.25, 0.3) is 0 Å². The van der Waals surface area contributed by atoms with E-state index in [1.807, 2.05) is 26.8 Å². The minimum Gasteiger partial charge on any atom is -0.395 e. The molecule has 1 unspecified atom stereocenters. The van der Waals surface area contributed by atoms with Gasteiger partial charge in [-0.25, -0.2) is 13.1 Å². The Labute approximate surface area is 115 Å². The average Bonchev–Trinajstić information content (AvgIpc) is 2.30. The van der Waals surface area contributed by atoms with Crippen LogP contribution < -0.4 is 4.72 Å². The lowest BCUT2D eigenvalue weighted by Gasteiger charge is -2.19. The molecule has 0 saturated heterocycles. The lowest BCUT2D eigenvalue weighted by atomic mass is 10.1. The summed E-state index contributed by atoms with van der Waals surface area (Å²) in [5, 5.41) is 9.28. The van der Waals surface area contributed by atoms with Crippen molar-refractivity contribution < 1.29 is 13.5 Å². The van der Waals surface area contributed by atoms with E-state index in [0.29, 0.717) is 17.9 Å². The van der Waals surface area contributed by atoms with Gasteiger partial charge < -0.3 is 5.11 Å². The number of benzene rings is 1. The van der Waals surface area contributed by atoms with Crippen molar-refractivity contribution in [3.8, 4) is 0 Å². The van der Waals surface area contributed by atoms with Gasteiger partial charge in [-0.3, -0.25) is 0 Å². The van der Waals surface area contributed by atoms with E-state index >= 15 is 0 Å². The highest BCUT2D eigenvalue weighted by Gasteiger charge is 2.22. The van der Waals surface area contributed by atoms with E-state index in [4.69, 9.17) is 0 Å². The lowest BCUT2D eigenvalue weighted by molar-refractivity contribution is 0.240. The third-order valence-electron chi connectivity index (χ3n) is 2.93. The zero-order valence-electron chi connectivity index (χ0n) is 12.0. The molecule has 4 nitrogen and oxygen atoms in total. The first-order valence-corrected chi connectivity index (χ1v) is 7.95. The second-order valence-electron chi connectivity index (χ2n) is 5.40. The van der Waals surface area contributed by atoms with Gasteiger partial charge in [0.2, 0.25) is 10.0 Å². The predicted molar refractivity (Wildman–Crippen MR) is 76.6 cm³/mol. The molecule has 108 valence electrons. The Morgan fingerprint density at radius 1 is 1.26 bits per heavy atom. The van der Waals surface area contributed by atoms with E-state index in [9.17, 15) is 13.5 Å². The molecule has 5 heteroatoms. The molecule has 19 heavy (non-hydrogen) atoms. The largest absolute Gasteiger partial charge is 0.395 e. The van der Waals surface area contributed by atoms with Crippen molar-refractivity contribution in [3.63, 3.8) is 0 Å². The van der Waals surface area contributed by atoms with Crippen LogP contribution in [0, 0.1) is 19.8 Å². The molecular formula is C14H23NO3S. The normalized spacial score (nSPS) is 13.8. The van der Waals surface area contributed by atoms with Crippen LogP contribution in [0.15, 0.2) is 23.1 Å². The summed E-state index contributed by atoms with van der Waals surface area (Å²) in [4.78, 5) is 0.287. The van der Waals surface area contributed by atoms with Crippen LogP contribution in [-0.4, -0.2) is 26.2 Å². The van der Waals surface area contributed by atoms with Crippen LogP contribution in [0.3, 0.4) is 0 Å². The Bertz CT molecular complexity index is 523. The van der Waals surface area contributed by atoms with Gasteiger partial charge in [0.15, 0.2) is 0 Å². The molecule has 0 aliphatic heterocycles. The van der Waals surface area contributed by atoms with Crippen LogP contribution in [0.5, 0.6) is 0 Å². The van der Waals surface area contributed by atoms with Gasteiger partial charge in [-0.15, -0.1) is 0 Å². The summed E-state index contributed by atoms with van der Waals surface area (Å²) in [6.45, 7) is 7.42. The van der Waals surface area contributed by atoms with E-state index in [2.05, 4.69) is 4.72 Å². The van der Waals surface area contributed by atoms with E-state index in [1.54, 1.807) is 19.1 Å². The highest BCUT2D eigenvalue weighted by atomic mass is 32.2. The fourth-order valence-electron chi connectivity index (χ4n) is 2.01. The molecule has 1 aromatic carbocycles. The second kappa shape index (κ2) is 6.50. The van der Waals surface area contributed by atoms with Gasteiger partial charge in [0.25, 0.3) is 0 Å². The molecule has 1 aromatic rings. The maximum Gasteiger partial charge on any atom is 0.241 e. The number of sulfonamides is 1. The highest BCUT2D eigenvalue weighted by Crippen LogP contribution is 2.18. The van der Waals surface area contributed by atoms with Gasteiger partial charge in [-0.05, 0) is 43.4 Å². The Hall–Kier alpha value is -0.910. The van der Waals surface area contributed by atoms with E-state index < -0.39 is 16.1 Å². The van der Waals surface area contributed by atoms with Crippen molar-refractivity contribution in [2.75, 3.05) is 6.61 Å². The monoisotopic (exact) mass is 285 g/mol. The van der Waals surface area contributed by atoms with Crippen LogP contribution in [0.4, 0.5) is 0 Å². The summed E-state index contributed by atoms with van der Waals surface area (Å²) in [5.41, 5.74) is 1.61. The van der Waals surface area contributed by atoms with Gasteiger partial charge in [-0.2, -0.15) is 0 Å². The van der Waals surface area contributed by atoms with Crippen molar-refractivity contribution in [2.24, 2.45) is 5.92 Å². The van der Waals surface area contributed by atoms with Gasteiger partial charge in [0.1, 0.15) is 0 Å². The van der Waals surface area contributed by atoms with Crippen molar-refractivity contribution >= 4 is 10.0 Å². The smallest absolute Gasteiger partial charge is 0.241 e. The van der Waals surface area contributed by atoms with Gasteiger partial charge in [-0.1, -0.05) is 26.0 Å². The Kier molecular flexibility index (Phi) is 5.52. The molecule has 0 aliphatic rings. The molecule has 1 rings (SSSR count). The molecule has 0 bridgehead atoms. The Morgan fingerprint density at radius 2 is 1.89 bits per heavy atom. The summed E-state index contributed by atoms with van der Waals surface area (Å²) in [6.07, 6.45) is 0.612. The molecule has 0 radical (unpaired) electrons. The third kappa shape index (κ3) is 4.60. The molecule has 1 atom stereocenters. The first-order valence-electron chi connectivity index (χ1n) is 6.46. The lowest BCUT2D eigenvalue weighted by Crippen LogP contribution is -2.38. The molecule has 0 amide bonds. The average molecular weight is 285 g/mol. The number of hydrogen-bond acceptors (Lipinski definition) is 3. The Balaban J connectivity index is 3.00. The molecule has 0 aliphatic carbocycles. The molecule has 0 saturated carbocycles. The standard InChI is InChI=1S/C14H23NO3S/c1-10(2)7-13(9-16)15-19(17,18)14-8-11(3)5-6-12(14)4/h5-6,8,10,13,15-16H,7,9H2,1-4H3. The van der Waals surface area contributed by atoms with Crippen LogP contribution in [0.1, 0.15) is 31.4 Å². The van der Waals surface area contributed by atoms with Crippen molar-refractivity contribution in [1.82, 2.24) is 4.72 Å². The highest BCUT2D eigenvalue weighted by molar-refractivity contribution is 7.89. The zero-order valence-corrected chi connectivity index (χ0v) is 12.8. The SMILES string of the molecule is Cc1ccc(C)c(S(=O)(=O)NC(CO)CC(C)C)c1. The number of aliphatic hydroxyl groups is 1. The maximum absolute atomic E-state index is 12.3. The number of hydrogen-bond donors (Lipinski definition) is 2. The number of nitrogens with one attached hydrogen (secondary N) is 1. The summed E-state index contributed by atoms with van der Waals surface area (Å²) >= 11 is 0. The van der Waals surface area contributed by atoms with Crippen molar-refractivity contribution in [2.45, 2.75) is 45.1 Å². The first kappa shape index (κ1) is 16.1. The zero-order chi connectivity index (χ0) is 14.6. The fourth-order valence-corrected chi connectivity index (χ4v) is 3.58. The molecule has 0 fully saturated rings. The number of aryl methyl sites for hydroxylation is 2. The third-order valence-corrected chi connectivity index (χ3v) is 4.59. The number of aliphatic hydroxyl groups excluding tert-OH is 1. The maximum atomic E-state index is 12.3. The van der Waals surface area contributed by atoms with Gasteiger partial charge in [0, 0.05) is 6.04 Å². The summed E-state index contributed by atoms with van der Waals surface area (Å²) in [7, 11) is -3.58. The summed E-state index contributed by atoms with van der Waals surface area (Å²) in [6, 6.07) is 4.89. The summed E-state index contributed by atoms with van der Waals surface area (Å²) < 4.78 is 27.2. The fraction of sp³-hybridized carbons (Fsp3) is 0.571. The second-order valence-corrected chi connectivity index (χ2v) is 7.08. The number of rotatable bonds is 6. The summed E-state index contributed by atoms with van der Waals surface area (Å²) in [5.74, 6) is 0.318. The topological polar surface area (TPSA) is 66.4 Å². The van der Waals surface area contributed by atoms with Crippen LogP contribution >= 0.6 is 0 Å². The van der Waals surface area contributed by atoms with Crippen LogP contribution in [-0.2, 0) is 10.0 Å². The van der Waals surface area contributed by atoms with Crippen LogP contribution in [0.2, 0.25) is 0 Å². The predicted octanol–water partition coefficient (Wildman–Crippen LogP) is 1.99. The minimum atomic E-state index is -3.58. The molecule has 0 spiro atoms. The molecule has 2 N–H and O–H groups in total. The van der Waals surface area contributed by atoms with Gasteiger partial charge >= 0.3 is 0 Å². The molecule has 0 aromatic heterocycles. The molecular weight excluding hydrogens is 262 g/mol. The quantitative estimate of drug-likeness (QED) is 0.840. The van der Waals surface area contributed by atoms with E-state index in [0.717, 1.165) is 5.56 Å². The van der Waals surface area contributed by atoms with E-state index in [1.165, 1.54) is 0 Å². The Morgan fingerprint density at radius 3 is 2.42 bits per heavy atom. The minimum absolute atomic E-state index is 0.192. The van der Waals surface area contributed by atoms with Gasteiger partial charge in [0.05, 0.1) is 11.5 Å². The van der Waals surface area contributed by atoms with Crippen molar-refractivity contribution in [3.05, 3.63) is 29.3 Å². The first-order chi connectivity index (χ1) is 8.76. The van der Waals surface area contributed by atoms with E-state index in [-0.39, 0.29) is 11.5 Å². The van der Waals surface area contributed by atoms with Crippen molar-refractivity contribution in [1.29, 1.82) is 0 Å².